The minimum Gasteiger partial charge on any atom is -0.496 e. The standard InChI is InChI=1S/C13H17ClO2/c1-9-5-6-11(16-4)10(7-9)12(15)13(2,3)8-14/h5-7H,8H2,1-4H3. The lowest BCUT2D eigenvalue weighted by Gasteiger charge is -2.21. The Balaban J connectivity index is 3.21. The van der Waals surface area contributed by atoms with Crippen molar-refractivity contribution in [3.8, 4) is 5.75 Å². The van der Waals surface area contributed by atoms with Crippen molar-refractivity contribution in [2.24, 2.45) is 5.41 Å². The van der Waals surface area contributed by atoms with Gasteiger partial charge in [0.15, 0.2) is 5.78 Å². The molecular weight excluding hydrogens is 224 g/mol. The Bertz CT molecular complexity index is 397. The molecule has 0 aliphatic rings. The number of benzene rings is 1. The normalized spacial score (nSPS) is 11.3. The molecule has 16 heavy (non-hydrogen) atoms. The lowest BCUT2D eigenvalue weighted by molar-refractivity contribution is 0.0858. The van der Waals surface area contributed by atoms with E-state index in [0.29, 0.717) is 17.2 Å². The number of alkyl halides is 1. The number of rotatable bonds is 4. The minimum atomic E-state index is -0.567. The van der Waals surface area contributed by atoms with Crippen LogP contribution in [0.4, 0.5) is 0 Å². The van der Waals surface area contributed by atoms with Gasteiger partial charge in [0.2, 0.25) is 0 Å². The Morgan fingerprint density at radius 2 is 2.06 bits per heavy atom. The summed E-state index contributed by atoms with van der Waals surface area (Å²) < 4.78 is 5.20. The van der Waals surface area contributed by atoms with E-state index in [2.05, 4.69) is 0 Å². The minimum absolute atomic E-state index is 0.0167. The monoisotopic (exact) mass is 240 g/mol. The van der Waals surface area contributed by atoms with Crippen LogP contribution in [0, 0.1) is 12.3 Å². The van der Waals surface area contributed by atoms with E-state index < -0.39 is 5.41 Å². The molecule has 0 aromatic heterocycles. The van der Waals surface area contributed by atoms with Crippen LogP contribution in [-0.4, -0.2) is 18.8 Å². The van der Waals surface area contributed by atoms with E-state index in [-0.39, 0.29) is 5.78 Å². The van der Waals surface area contributed by atoms with Gasteiger partial charge in [-0.2, -0.15) is 0 Å². The van der Waals surface area contributed by atoms with Crippen LogP contribution < -0.4 is 4.74 Å². The van der Waals surface area contributed by atoms with Gasteiger partial charge in [-0.3, -0.25) is 4.79 Å². The lowest BCUT2D eigenvalue weighted by atomic mass is 9.85. The molecule has 3 heteroatoms. The number of hydrogen-bond acceptors (Lipinski definition) is 2. The summed E-state index contributed by atoms with van der Waals surface area (Å²) in [5, 5.41) is 0. The molecule has 0 radical (unpaired) electrons. The molecule has 0 atom stereocenters. The number of halogens is 1. The van der Waals surface area contributed by atoms with Gasteiger partial charge in [0.1, 0.15) is 5.75 Å². The van der Waals surface area contributed by atoms with E-state index in [1.54, 1.807) is 7.11 Å². The van der Waals surface area contributed by atoms with Crippen molar-refractivity contribution in [1.82, 2.24) is 0 Å². The summed E-state index contributed by atoms with van der Waals surface area (Å²) in [5.41, 5.74) is 1.07. The van der Waals surface area contributed by atoms with E-state index in [0.717, 1.165) is 5.56 Å². The Morgan fingerprint density at radius 1 is 1.44 bits per heavy atom. The van der Waals surface area contributed by atoms with Crippen LogP contribution in [0.3, 0.4) is 0 Å². The molecule has 88 valence electrons. The van der Waals surface area contributed by atoms with E-state index in [9.17, 15) is 4.79 Å². The number of carbonyl (C=O) groups excluding carboxylic acids is 1. The van der Waals surface area contributed by atoms with Gasteiger partial charge in [-0.25, -0.2) is 0 Å². The van der Waals surface area contributed by atoms with Crippen LogP contribution in [0.25, 0.3) is 0 Å². The fraction of sp³-hybridized carbons (Fsp3) is 0.462. The van der Waals surface area contributed by atoms with Crippen molar-refractivity contribution >= 4 is 17.4 Å². The Kier molecular flexibility index (Phi) is 3.98. The molecular formula is C13H17ClO2. The molecule has 0 fully saturated rings. The first-order valence-electron chi connectivity index (χ1n) is 5.18. The highest BCUT2D eigenvalue weighted by Gasteiger charge is 2.29. The second-order valence-electron chi connectivity index (χ2n) is 4.55. The maximum absolute atomic E-state index is 12.3. The summed E-state index contributed by atoms with van der Waals surface area (Å²) in [6, 6.07) is 5.58. The third-order valence-corrected chi connectivity index (χ3v) is 3.22. The van der Waals surface area contributed by atoms with Gasteiger partial charge < -0.3 is 4.74 Å². The Hall–Kier alpha value is -1.02. The van der Waals surface area contributed by atoms with E-state index in [1.165, 1.54) is 0 Å². The molecule has 0 aliphatic heterocycles. The number of ether oxygens (including phenoxy) is 1. The second-order valence-corrected chi connectivity index (χ2v) is 4.82. The summed E-state index contributed by atoms with van der Waals surface area (Å²) in [5.74, 6) is 0.917. The molecule has 0 spiro atoms. The average Bonchev–Trinajstić information content (AvgIpc) is 2.28. The van der Waals surface area contributed by atoms with E-state index >= 15 is 0 Å². The Labute approximate surface area is 102 Å². The number of Topliss-reactive ketones (excluding diaryl/α,β-unsaturated/α-hetero) is 1. The highest BCUT2D eigenvalue weighted by molar-refractivity contribution is 6.21. The maximum atomic E-state index is 12.3. The van der Waals surface area contributed by atoms with Gasteiger partial charge in [-0.1, -0.05) is 25.5 Å². The zero-order valence-electron chi connectivity index (χ0n) is 10.1. The maximum Gasteiger partial charge on any atom is 0.173 e. The van der Waals surface area contributed by atoms with Crippen LogP contribution in [0.15, 0.2) is 18.2 Å². The fourth-order valence-electron chi connectivity index (χ4n) is 1.42. The topological polar surface area (TPSA) is 26.3 Å². The zero-order chi connectivity index (χ0) is 12.3. The van der Waals surface area contributed by atoms with Crippen molar-refractivity contribution in [3.05, 3.63) is 29.3 Å². The number of methoxy groups -OCH3 is 1. The largest absolute Gasteiger partial charge is 0.496 e. The summed E-state index contributed by atoms with van der Waals surface area (Å²) in [7, 11) is 1.56. The van der Waals surface area contributed by atoms with E-state index in [1.807, 2.05) is 39.0 Å². The number of aryl methyl sites for hydroxylation is 1. The van der Waals surface area contributed by atoms with Gasteiger partial charge in [0.05, 0.1) is 12.7 Å². The second kappa shape index (κ2) is 4.88. The van der Waals surface area contributed by atoms with Crippen LogP contribution >= 0.6 is 11.6 Å². The Morgan fingerprint density at radius 3 is 2.56 bits per heavy atom. The van der Waals surface area contributed by atoms with Gasteiger partial charge in [-0.15, -0.1) is 11.6 Å². The van der Waals surface area contributed by atoms with Crippen LogP contribution in [-0.2, 0) is 0 Å². The molecule has 0 unspecified atom stereocenters. The van der Waals surface area contributed by atoms with Crippen molar-refractivity contribution in [2.45, 2.75) is 20.8 Å². The average molecular weight is 241 g/mol. The number of hydrogen-bond donors (Lipinski definition) is 0. The molecule has 1 rings (SSSR count). The first kappa shape index (κ1) is 13.0. The SMILES string of the molecule is COc1ccc(C)cc1C(=O)C(C)(C)CCl. The lowest BCUT2D eigenvalue weighted by Crippen LogP contribution is -2.26. The van der Waals surface area contributed by atoms with Crippen LogP contribution in [0.2, 0.25) is 0 Å². The van der Waals surface area contributed by atoms with Gasteiger partial charge in [0.25, 0.3) is 0 Å². The molecule has 0 saturated carbocycles. The van der Waals surface area contributed by atoms with Crippen molar-refractivity contribution in [1.29, 1.82) is 0 Å². The van der Waals surface area contributed by atoms with Crippen molar-refractivity contribution < 1.29 is 9.53 Å². The van der Waals surface area contributed by atoms with Gasteiger partial charge >= 0.3 is 0 Å². The highest BCUT2D eigenvalue weighted by Crippen LogP contribution is 2.29. The summed E-state index contributed by atoms with van der Waals surface area (Å²) in [4.78, 5) is 12.3. The summed E-state index contributed by atoms with van der Waals surface area (Å²) in [6.45, 7) is 5.62. The van der Waals surface area contributed by atoms with Gasteiger partial charge in [-0.05, 0) is 19.1 Å². The molecule has 0 bridgehead atoms. The number of ketones is 1. The van der Waals surface area contributed by atoms with Crippen LogP contribution in [0.1, 0.15) is 29.8 Å². The molecule has 0 saturated heterocycles. The smallest absolute Gasteiger partial charge is 0.173 e. The molecule has 0 heterocycles. The predicted octanol–water partition coefficient (Wildman–Crippen LogP) is 3.45. The first-order valence-corrected chi connectivity index (χ1v) is 5.71. The zero-order valence-corrected chi connectivity index (χ0v) is 10.9. The molecule has 2 nitrogen and oxygen atoms in total. The highest BCUT2D eigenvalue weighted by atomic mass is 35.5. The third kappa shape index (κ3) is 2.56. The quantitative estimate of drug-likeness (QED) is 0.595. The molecule has 1 aromatic carbocycles. The fourth-order valence-corrected chi connectivity index (χ4v) is 1.55. The third-order valence-electron chi connectivity index (χ3n) is 2.55. The first-order chi connectivity index (χ1) is 7.42. The van der Waals surface area contributed by atoms with Gasteiger partial charge in [0, 0.05) is 11.3 Å². The molecule has 0 N–H and O–H groups in total. The predicted molar refractivity (Wildman–Crippen MR) is 66.6 cm³/mol. The molecule has 0 amide bonds. The summed E-state index contributed by atoms with van der Waals surface area (Å²) >= 11 is 5.81. The molecule has 1 aromatic rings. The summed E-state index contributed by atoms with van der Waals surface area (Å²) in [6.07, 6.45) is 0. The van der Waals surface area contributed by atoms with Crippen molar-refractivity contribution in [2.75, 3.05) is 13.0 Å². The van der Waals surface area contributed by atoms with E-state index in [4.69, 9.17) is 16.3 Å². The number of carbonyl (C=O) groups is 1. The molecule has 0 aliphatic carbocycles. The van der Waals surface area contributed by atoms with Crippen molar-refractivity contribution in [3.63, 3.8) is 0 Å². The van der Waals surface area contributed by atoms with Crippen LogP contribution in [0.5, 0.6) is 5.75 Å².